The van der Waals surface area contributed by atoms with Crippen LogP contribution in [0.3, 0.4) is 0 Å². The minimum Gasteiger partial charge on any atom is -0.307 e. The van der Waals surface area contributed by atoms with Gasteiger partial charge in [-0.2, -0.15) is 5.26 Å². The van der Waals surface area contributed by atoms with Crippen molar-refractivity contribution in [2.45, 2.75) is 20.8 Å². The van der Waals surface area contributed by atoms with Gasteiger partial charge >= 0.3 is 0 Å². The van der Waals surface area contributed by atoms with E-state index in [1.807, 2.05) is 37.6 Å². The molecule has 0 amide bonds. The van der Waals surface area contributed by atoms with Crippen molar-refractivity contribution in [2.75, 3.05) is 0 Å². The molecule has 0 aliphatic carbocycles. The van der Waals surface area contributed by atoms with Crippen LogP contribution in [-0.2, 0) is 0 Å². The molecular formula is C11H13N3. The predicted molar refractivity (Wildman–Crippen MR) is 56.0 cm³/mol. The van der Waals surface area contributed by atoms with Gasteiger partial charge in [0.25, 0.3) is 0 Å². The zero-order valence-electron chi connectivity index (χ0n) is 8.65. The molecule has 0 atom stereocenters. The highest BCUT2D eigenvalue weighted by atomic mass is 15.0. The van der Waals surface area contributed by atoms with Crippen LogP contribution in [-0.4, -0.2) is 9.38 Å². The molecule has 0 aliphatic heterocycles. The quantitative estimate of drug-likeness (QED) is 0.636. The number of nitriles is 1. The van der Waals surface area contributed by atoms with Crippen molar-refractivity contribution < 1.29 is 0 Å². The summed E-state index contributed by atoms with van der Waals surface area (Å²) in [6, 6.07) is 5.62. The fraction of sp³-hybridized carbons (Fsp3) is 0.273. The van der Waals surface area contributed by atoms with E-state index in [2.05, 4.69) is 11.1 Å². The lowest BCUT2D eigenvalue weighted by Gasteiger charge is -1.90. The minimum absolute atomic E-state index is 0.646. The highest BCUT2D eigenvalue weighted by Gasteiger charge is 1.97. The third-order valence-electron chi connectivity index (χ3n) is 1.71. The monoisotopic (exact) mass is 187 g/mol. The second kappa shape index (κ2) is 4.43. The highest BCUT2D eigenvalue weighted by Crippen LogP contribution is 2.06. The Balaban J connectivity index is 0.000000461. The number of aryl methyl sites for hydroxylation is 1. The lowest BCUT2D eigenvalue weighted by atomic mass is 10.3. The van der Waals surface area contributed by atoms with Gasteiger partial charge in [0.05, 0.1) is 17.3 Å². The lowest BCUT2D eigenvalue weighted by Crippen LogP contribution is -1.82. The van der Waals surface area contributed by atoms with E-state index in [4.69, 9.17) is 5.26 Å². The number of imidazole rings is 1. The molecule has 0 saturated carbocycles. The summed E-state index contributed by atoms with van der Waals surface area (Å²) in [4.78, 5) is 4.23. The first kappa shape index (κ1) is 10.3. The van der Waals surface area contributed by atoms with Crippen molar-refractivity contribution in [1.29, 1.82) is 5.26 Å². The Morgan fingerprint density at radius 2 is 2.14 bits per heavy atom. The summed E-state index contributed by atoms with van der Waals surface area (Å²) in [5.74, 6) is 0. The van der Waals surface area contributed by atoms with Gasteiger partial charge < -0.3 is 4.40 Å². The molecule has 3 heteroatoms. The Labute approximate surface area is 83.6 Å². The van der Waals surface area contributed by atoms with Gasteiger partial charge in [-0.25, -0.2) is 4.98 Å². The van der Waals surface area contributed by atoms with E-state index < -0.39 is 0 Å². The topological polar surface area (TPSA) is 41.1 Å². The highest BCUT2D eigenvalue weighted by molar-refractivity contribution is 5.46. The van der Waals surface area contributed by atoms with E-state index in [-0.39, 0.29) is 0 Å². The Kier molecular flexibility index (Phi) is 3.24. The number of hydrogen-bond acceptors (Lipinski definition) is 2. The molecule has 2 heterocycles. The normalized spacial score (nSPS) is 9.00. The molecule has 0 bridgehead atoms. The fourth-order valence-electron chi connectivity index (χ4n) is 1.18. The van der Waals surface area contributed by atoms with Crippen LogP contribution < -0.4 is 0 Å². The van der Waals surface area contributed by atoms with Gasteiger partial charge in [-0.15, -0.1) is 0 Å². The van der Waals surface area contributed by atoms with Crippen LogP contribution in [0.4, 0.5) is 0 Å². The van der Waals surface area contributed by atoms with Crippen LogP contribution in [0.25, 0.3) is 5.65 Å². The second-order valence-electron chi connectivity index (χ2n) is 2.67. The number of rotatable bonds is 0. The van der Waals surface area contributed by atoms with E-state index in [0.717, 1.165) is 11.3 Å². The molecule has 3 nitrogen and oxygen atoms in total. The summed E-state index contributed by atoms with van der Waals surface area (Å²) in [6.07, 6.45) is 3.77. The van der Waals surface area contributed by atoms with Gasteiger partial charge in [-0.05, 0) is 19.1 Å². The molecule has 0 aliphatic rings. The largest absolute Gasteiger partial charge is 0.307 e. The van der Waals surface area contributed by atoms with Gasteiger partial charge in [0, 0.05) is 12.4 Å². The standard InChI is InChI=1S/C9H7N3.C2H6/c1-7-6-12-3-2-8(5-10)4-9(12)11-7;1-2/h2-4,6H,1H3;1-2H3. The summed E-state index contributed by atoms with van der Waals surface area (Å²) < 4.78 is 1.90. The predicted octanol–water partition coefficient (Wildman–Crippen LogP) is 2.54. The van der Waals surface area contributed by atoms with Crippen molar-refractivity contribution in [2.24, 2.45) is 0 Å². The van der Waals surface area contributed by atoms with Crippen LogP contribution in [0.5, 0.6) is 0 Å². The summed E-state index contributed by atoms with van der Waals surface area (Å²) in [6.45, 7) is 5.93. The van der Waals surface area contributed by atoms with Crippen molar-refractivity contribution in [3.63, 3.8) is 0 Å². The van der Waals surface area contributed by atoms with Gasteiger partial charge in [-0.3, -0.25) is 0 Å². The number of fused-ring (bicyclic) bond motifs is 1. The maximum atomic E-state index is 8.62. The van der Waals surface area contributed by atoms with Gasteiger partial charge in [0.15, 0.2) is 0 Å². The van der Waals surface area contributed by atoms with Gasteiger partial charge in [0.2, 0.25) is 0 Å². The average Bonchev–Trinajstić information content (AvgIpc) is 2.59. The molecule has 2 rings (SSSR count). The summed E-state index contributed by atoms with van der Waals surface area (Å²) >= 11 is 0. The van der Waals surface area contributed by atoms with Crippen LogP contribution in [0, 0.1) is 18.3 Å². The number of nitrogens with zero attached hydrogens (tertiary/aromatic N) is 3. The lowest BCUT2D eigenvalue weighted by molar-refractivity contribution is 1.18. The van der Waals surface area contributed by atoms with Crippen molar-refractivity contribution in [1.82, 2.24) is 9.38 Å². The number of hydrogen-bond donors (Lipinski definition) is 0. The molecule has 0 saturated heterocycles. The van der Waals surface area contributed by atoms with E-state index in [0.29, 0.717) is 5.56 Å². The molecule has 0 radical (unpaired) electrons. The minimum atomic E-state index is 0.646. The summed E-state index contributed by atoms with van der Waals surface area (Å²) in [5.41, 5.74) is 2.43. The second-order valence-corrected chi connectivity index (χ2v) is 2.67. The van der Waals surface area contributed by atoms with Crippen LogP contribution in [0.2, 0.25) is 0 Å². The van der Waals surface area contributed by atoms with E-state index >= 15 is 0 Å². The maximum absolute atomic E-state index is 8.62. The van der Waals surface area contributed by atoms with Crippen molar-refractivity contribution in [3.05, 3.63) is 35.8 Å². The van der Waals surface area contributed by atoms with Gasteiger partial charge in [-0.1, -0.05) is 13.8 Å². The first-order chi connectivity index (χ1) is 6.79. The summed E-state index contributed by atoms with van der Waals surface area (Å²) in [5, 5.41) is 8.62. The Bertz CT molecular complexity index is 463. The molecule has 72 valence electrons. The molecule has 14 heavy (non-hydrogen) atoms. The smallest absolute Gasteiger partial charge is 0.138 e. The number of pyridine rings is 1. The first-order valence-corrected chi connectivity index (χ1v) is 4.65. The SMILES string of the molecule is CC.Cc1cn2ccc(C#N)cc2n1. The maximum Gasteiger partial charge on any atom is 0.138 e. The van der Waals surface area contributed by atoms with Crippen molar-refractivity contribution in [3.8, 4) is 6.07 Å². The summed E-state index contributed by atoms with van der Waals surface area (Å²) in [7, 11) is 0. The zero-order chi connectivity index (χ0) is 10.6. The molecule has 0 fully saturated rings. The number of aromatic nitrogens is 2. The van der Waals surface area contributed by atoms with Crippen LogP contribution >= 0.6 is 0 Å². The van der Waals surface area contributed by atoms with E-state index in [1.165, 1.54) is 0 Å². The van der Waals surface area contributed by atoms with Crippen molar-refractivity contribution >= 4 is 5.65 Å². The molecule has 2 aromatic heterocycles. The van der Waals surface area contributed by atoms with Crippen LogP contribution in [0.1, 0.15) is 25.1 Å². The van der Waals surface area contributed by atoms with E-state index in [9.17, 15) is 0 Å². The third-order valence-corrected chi connectivity index (χ3v) is 1.71. The molecule has 0 unspecified atom stereocenters. The molecule has 0 spiro atoms. The Hall–Kier alpha value is -1.82. The fourth-order valence-corrected chi connectivity index (χ4v) is 1.18. The van der Waals surface area contributed by atoms with E-state index in [1.54, 1.807) is 12.1 Å². The average molecular weight is 187 g/mol. The Morgan fingerprint density at radius 3 is 2.79 bits per heavy atom. The molecule has 2 aromatic rings. The Morgan fingerprint density at radius 1 is 1.43 bits per heavy atom. The zero-order valence-corrected chi connectivity index (χ0v) is 8.65. The molecule has 0 N–H and O–H groups in total. The van der Waals surface area contributed by atoms with Gasteiger partial charge in [0.1, 0.15) is 5.65 Å². The van der Waals surface area contributed by atoms with Crippen LogP contribution in [0.15, 0.2) is 24.5 Å². The third kappa shape index (κ3) is 1.91. The molecular weight excluding hydrogens is 174 g/mol. The molecule has 0 aromatic carbocycles. The first-order valence-electron chi connectivity index (χ1n) is 4.65.